The number of benzene rings is 2. The molecule has 0 heterocycles. The van der Waals surface area contributed by atoms with Gasteiger partial charge in [0.05, 0.1) is 11.4 Å². The smallest absolute Gasteiger partial charge is 0.125 e. The van der Waals surface area contributed by atoms with Crippen LogP contribution in [0.3, 0.4) is 0 Å². The minimum atomic E-state index is -0.323. The van der Waals surface area contributed by atoms with Gasteiger partial charge in [-0.2, -0.15) is 0 Å². The topological polar surface area (TPSA) is 15.3 Å². The maximum atomic E-state index is 13.3. The largest absolute Gasteiger partial charge is 0.379 e. The number of halogens is 3. The molecule has 0 fully saturated rings. The van der Waals surface area contributed by atoms with Crippen LogP contribution in [0.15, 0.2) is 40.9 Å². The highest BCUT2D eigenvalue weighted by Crippen LogP contribution is 2.28. The van der Waals surface area contributed by atoms with Crippen molar-refractivity contribution in [2.75, 3.05) is 24.3 Å². The number of rotatable bonds is 4. The summed E-state index contributed by atoms with van der Waals surface area (Å²) in [6.45, 7) is 0.509. The molecule has 0 aliphatic rings. The van der Waals surface area contributed by atoms with Crippen molar-refractivity contribution in [3.63, 3.8) is 0 Å². The lowest BCUT2D eigenvalue weighted by atomic mass is 10.2. The van der Waals surface area contributed by atoms with Crippen molar-refractivity contribution >= 4 is 38.9 Å². The Hall–Kier alpha value is -1.26. The predicted molar refractivity (Wildman–Crippen MR) is 87.2 cm³/mol. The molecule has 0 aliphatic heterocycles. The Morgan fingerprint density at radius 3 is 2.60 bits per heavy atom. The van der Waals surface area contributed by atoms with Crippen molar-refractivity contribution in [1.29, 1.82) is 0 Å². The quantitative estimate of drug-likeness (QED) is 0.835. The maximum Gasteiger partial charge on any atom is 0.125 e. The Labute approximate surface area is 131 Å². The average molecular weight is 358 g/mol. The molecule has 0 aliphatic carbocycles. The number of hydrogen-bond acceptors (Lipinski definition) is 2. The van der Waals surface area contributed by atoms with Crippen LogP contribution in [-0.2, 0) is 6.54 Å². The first kappa shape index (κ1) is 15.1. The van der Waals surface area contributed by atoms with Gasteiger partial charge in [-0.1, -0.05) is 27.5 Å². The maximum absolute atomic E-state index is 13.3. The molecule has 0 atom stereocenters. The third kappa shape index (κ3) is 3.87. The molecule has 0 saturated carbocycles. The molecule has 106 valence electrons. The van der Waals surface area contributed by atoms with Crippen LogP contribution in [0.4, 0.5) is 15.8 Å². The summed E-state index contributed by atoms with van der Waals surface area (Å²) in [6.07, 6.45) is 0. The number of nitrogens with one attached hydrogen (secondary N) is 1. The standard InChI is InChI=1S/C15H15BrClFN2/c1-20(2)15-4-3-11(16)7-14(15)19-9-10-5-12(17)8-13(18)6-10/h3-8,19H,9H2,1-2H3. The van der Waals surface area contributed by atoms with Gasteiger partial charge in [0, 0.05) is 30.1 Å². The molecular formula is C15H15BrClFN2. The van der Waals surface area contributed by atoms with Crippen LogP contribution in [0.1, 0.15) is 5.56 Å². The van der Waals surface area contributed by atoms with Crippen molar-refractivity contribution < 1.29 is 4.39 Å². The SMILES string of the molecule is CN(C)c1ccc(Br)cc1NCc1cc(F)cc(Cl)c1. The van der Waals surface area contributed by atoms with Crippen LogP contribution in [0.25, 0.3) is 0 Å². The van der Waals surface area contributed by atoms with E-state index in [0.717, 1.165) is 21.4 Å². The molecule has 2 aromatic carbocycles. The van der Waals surface area contributed by atoms with E-state index in [4.69, 9.17) is 11.6 Å². The zero-order valence-corrected chi connectivity index (χ0v) is 13.6. The Kier molecular flexibility index (Phi) is 4.89. The average Bonchev–Trinajstić information content (AvgIpc) is 2.35. The first-order valence-corrected chi connectivity index (χ1v) is 7.28. The monoisotopic (exact) mass is 356 g/mol. The van der Waals surface area contributed by atoms with Gasteiger partial charge in [0.1, 0.15) is 5.82 Å². The summed E-state index contributed by atoms with van der Waals surface area (Å²) < 4.78 is 14.3. The number of anilines is 2. The van der Waals surface area contributed by atoms with Gasteiger partial charge >= 0.3 is 0 Å². The van der Waals surface area contributed by atoms with E-state index in [1.54, 1.807) is 6.07 Å². The van der Waals surface area contributed by atoms with Crippen molar-refractivity contribution in [2.24, 2.45) is 0 Å². The lowest BCUT2D eigenvalue weighted by Gasteiger charge is -2.19. The highest BCUT2D eigenvalue weighted by molar-refractivity contribution is 9.10. The summed E-state index contributed by atoms with van der Waals surface area (Å²) in [5.74, 6) is -0.323. The van der Waals surface area contributed by atoms with Gasteiger partial charge < -0.3 is 10.2 Å². The highest BCUT2D eigenvalue weighted by atomic mass is 79.9. The molecule has 20 heavy (non-hydrogen) atoms. The fourth-order valence-corrected chi connectivity index (χ4v) is 2.56. The van der Waals surface area contributed by atoms with Gasteiger partial charge in [0.2, 0.25) is 0 Å². The zero-order chi connectivity index (χ0) is 14.7. The summed E-state index contributed by atoms with van der Waals surface area (Å²) in [6, 6.07) is 10.5. The molecule has 0 radical (unpaired) electrons. The molecule has 0 bridgehead atoms. The Balaban J connectivity index is 2.20. The van der Waals surface area contributed by atoms with Gasteiger partial charge in [-0.05, 0) is 42.0 Å². The van der Waals surface area contributed by atoms with E-state index in [0.29, 0.717) is 11.6 Å². The summed E-state index contributed by atoms with van der Waals surface area (Å²) in [5, 5.41) is 3.72. The summed E-state index contributed by atoms with van der Waals surface area (Å²) in [4.78, 5) is 2.02. The molecule has 5 heteroatoms. The molecule has 0 saturated heterocycles. The summed E-state index contributed by atoms with van der Waals surface area (Å²) in [7, 11) is 3.96. The summed E-state index contributed by atoms with van der Waals surface area (Å²) in [5.41, 5.74) is 2.85. The van der Waals surface area contributed by atoms with E-state index in [1.807, 2.05) is 37.2 Å². The number of hydrogen-bond donors (Lipinski definition) is 1. The second-order valence-corrected chi connectivity index (χ2v) is 6.04. The third-order valence-corrected chi connectivity index (χ3v) is 3.56. The number of nitrogens with zero attached hydrogens (tertiary/aromatic N) is 1. The molecule has 2 nitrogen and oxygen atoms in total. The van der Waals surface area contributed by atoms with E-state index in [9.17, 15) is 4.39 Å². The van der Waals surface area contributed by atoms with E-state index < -0.39 is 0 Å². The van der Waals surface area contributed by atoms with E-state index in [2.05, 4.69) is 21.2 Å². The second-order valence-electron chi connectivity index (χ2n) is 4.69. The van der Waals surface area contributed by atoms with Gasteiger partial charge in [-0.25, -0.2) is 4.39 Å². The zero-order valence-electron chi connectivity index (χ0n) is 11.3. The van der Waals surface area contributed by atoms with Crippen LogP contribution in [0.2, 0.25) is 5.02 Å². The van der Waals surface area contributed by atoms with Gasteiger partial charge in [-0.15, -0.1) is 0 Å². The molecular weight excluding hydrogens is 343 g/mol. The first-order chi connectivity index (χ1) is 9.45. The van der Waals surface area contributed by atoms with E-state index >= 15 is 0 Å². The first-order valence-electron chi connectivity index (χ1n) is 6.11. The van der Waals surface area contributed by atoms with Crippen LogP contribution in [-0.4, -0.2) is 14.1 Å². The Morgan fingerprint density at radius 2 is 1.95 bits per heavy atom. The van der Waals surface area contributed by atoms with E-state index in [1.165, 1.54) is 12.1 Å². The molecule has 0 amide bonds. The van der Waals surface area contributed by atoms with E-state index in [-0.39, 0.29) is 5.82 Å². The normalized spacial score (nSPS) is 10.4. The van der Waals surface area contributed by atoms with Crippen molar-refractivity contribution in [3.8, 4) is 0 Å². The predicted octanol–water partition coefficient (Wildman–Crippen LogP) is 4.92. The van der Waals surface area contributed by atoms with Crippen LogP contribution in [0, 0.1) is 5.82 Å². The highest BCUT2D eigenvalue weighted by Gasteiger charge is 2.06. The van der Waals surface area contributed by atoms with Gasteiger partial charge in [0.25, 0.3) is 0 Å². The molecule has 2 aromatic rings. The molecule has 0 aromatic heterocycles. The molecule has 2 rings (SSSR count). The van der Waals surface area contributed by atoms with Gasteiger partial charge in [0.15, 0.2) is 0 Å². The van der Waals surface area contributed by atoms with Crippen LogP contribution < -0.4 is 10.2 Å². The van der Waals surface area contributed by atoms with Crippen molar-refractivity contribution in [2.45, 2.75) is 6.54 Å². The molecule has 0 spiro atoms. The minimum Gasteiger partial charge on any atom is -0.379 e. The lowest BCUT2D eigenvalue weighted by molar-refractivity contribution is 0.626. The van der Waals surface area contributed by atoms with Crippen LogP contribution in [0.5, 0.6) is 0 Å². The molecule has 0 unspecified atom stereocenters. The van der Waals surface area contributed by atoms with Crippen molar-refractivity contribution in [1.82, 2.24) is 0 Å². The van der Waals surface area contributed by atoms with Crippen LogP contribution >= 0.6 is 27.5 Å². The fraction of sp³-hybridized carbons (Fsp3) is 0.200. The second kappa shape index (κ2) is 6.46. The Morgan fingerprint density at radius 1 is 1.20 bits per heavy atom. The summed E-state index contributed by atoms with van der Waals surface area (Å²) >= 11 is 9.31. The third-order valence-electron chi connectivity index (χ3n) is 2.85. The lowest BCUT2D eigenvalue weighted by Crippen LogP contribution is -2.12. The van der Waals surface area contributed by atoms with Gasteiger partial charge in [-0.3, -0.25) is 0 Å². The Bertz CT molecular complexity index is 597. The molecule has 1 N–H and O–H groups in total. The fourth-order valence-electron chi connectivity index (χ4n) is 1.95. The van der Waals surface area contributed by atoms with Crippen molar-refractivity contribution in [3.05, 3.63) is 57.3 Å². The minimum absolute atomic E-state index is 0.323.